The summed E-state index contributed by atoms with van der Waals surface area (Å²) in [5.74, 6) is 0. The zero-order chi connectivity index (χ0) is 12.8. The smallest absolute Gasteiger partial charge is 0.122 e. The van der Waals surface area contributed by atoms with Crippen molar-refractivity contribution < 1.29 is 4.63 Å². The standard InChI is InChI=1S/C13H18N4O/c1-11-13(16-18-15-11)10-17(8-7-14)9-12-5-3-2-4-6-12/h2-6H,7-10,14H2,1H3. The van der Waals surface area contributed by atoms with Crippen molar-refractivity contribution in [1.29, 1.82) is 0 Å². The molecule has 5 heteroatoms. The normalized spacial score (nSPS) is 11.1. The first-order valence-corrected chi connectivity index (χ1v) is 6.04. The zero-order valence-electron chi connectivity index (χ0n) is 10.5. The van der Waals surface area contributed by atoms with Crippen molar-refractivity contribution in [3.8, 4) is 0 Å². The summed E-state index contributed by atoms with van der Waals surface area (Å²) >= 11 is 0. The first-order valence-electron chi connectivity index (χ1n) is 6.04. The van der Waals surface area contributed by atoms with Gasteiger partial charge in [-0.3, -0.25) is 4.90 Å². The molecule has 0 aliphatic carbocycles. The van der Waals surface area contributed by atoms with Crippen LogP contribution >= 0.6 is 0 Å². The quantitative estimate of drug-likeness (QED) is 0.833. The van der Waals surface area contributed by atoms with E-state index in [2.05, 4.69) is 27.3 Å². The largest absolute Gasteiger partial charge is 0.329 e. The van der Waals surface area contributed by atoms with Gasteiger partial charge in [0.15, 0.2) is 0 Å². The Morgan fingerprint density at radius 3 is 2.56 bits per heavy atom. The molecule has 0 aliphatic heterocycles. The fourth-order valence-electron chi connectivity index (χ4n) is 1.84. The minimum absolute atomic E-state index is 0.622. The summed E-state index contributed by atoms with van der Waals surface area (Å²) < 4.78 is 4.72. The summed E-state index contributed by atoms with van der Waals surface area (Å²) in [6.45, 7) is 4.90. The average molecular weight is 246 g/mol. The SMILES string of the molecule is Cc1nonc1CN(CCN)Cc1ccccc1. The van der Waals surface area contributed by atoms with E-state index in [1.165, 1.54) is 5.56 Å². The molecule has 0 saturated heterocycles. The van der Waals surface area contributed by atoms with Crippen molar-refractivity contribution >= 4 is 0 Å². The summed E-state index contributed by atoms with van der Waals surface area (Å²) in [7, 11) is 0. The average Bonchev–Trinajstić information content (AvgIpc) is 2.77. The molecule has 0 atom stereocenters. The lowest BCUT2D eigenvalue weighted by molar-refractivity contribution is 0.248. The predicted molar refractivity (Wildman–Crippen MR) is 68.6 cm³/mol. The van der Waals surface area contributed by atoms with Crippen LogP contribution in [0, 0.1) is 6.92 Å². The molecule has 0 radical (unpaired) electrons. The number of benzene rings is 1. The monoisotopic (exact) mass is 246 g/mol. The highest BCUT2D eigenvalue weighted by atomic mass is 16.6. The van der Waals surface area contributed by atoms with Gasteiger partial charge in [-0.1, -0.05) is 40.6 Å². The molecule has 0 fully saturated rings. The van der Waals surface area contributed by atoms with Crippen LogP contribution in [-0.2, 0) is 13.1 Å². The first-order chi connectivity index (χ1) is 8.79. The lowest BCUT2D eigenvalue weighted by Crippen LogP contribution is -2.29. The van der Waals surface area contributed by atoms with Gasteiger partial charge in [0.25, 0.3) is 0 Å². The van der Waals surface area contributed by atoms with Crippen LogP contribution in [0.1, 0.15) is 17.0 Å². The maximum atomic E-state index is 5.65. The molecule has 0 saturated carbocycles. The van der Waals surface area contributed by atoms with Gasteiger partial charge in [0.2, 0.25) is 0 Å². The van der Waals surface area contributed by atoms with Crippen LogP contribution in [0.4, 0.5) is 0 Å². The van der Waals surface area contributed by atoms with Crippen LogP contribution in [0.2, 0.25) is 0 Å². The van der Waals surface area contributed by atoms with Gasteiger partial charge >= 0.3 is 0 Å². The van der Waals surface area contributed by atoms with Crippen molar-refractivity contribution in [1.82, 2.24) is 15.2 Å². The molecular formula is C13H18N4O. The van der Waals surface area contributed by atoms with Crippen molar-refractivity contribution in [2.75, 3.05) is 13.1 Å². The number of aryl methyl sites for hydroxylation is 1. The summed E-state index contributed by atoms with van der Waals surface area (Å²) in [5.41, 5.74) is 8.63. The van der Waals surface area contributed by atoms with E-state index in [-0.39, 0.29) is 0 Å². The van der Waals surface area contributed by atoms with Gasteiger partial charge in [-0.25, -0.2) is 4.63 Å². The minimum Gasteiger partial charge on any atom is -0.329 e. The molecule has 96 valence electrons. The zero-order valence-corrected chi connectivity index (χ0v) is 10.5. The van der Waals surface area contributed by atoms with Crippen molar-refractivity contribution in [2.45, 2.75) is 20.0 Å². The minimum atomic E-state index is 0.622. The first kappa shape index (κ1) is 12.7. The van der Waals surface area contributed by atoms with Crippen LogP contribution in [0.5, 0.6) is 0 Å². The number of rotatable bonds is 6. The fourth-order valence-corrected chi connectivity index (χ4v) is 1.84. The molecule has 0 bridgehead atoms. The maximum absolute atomic E-state index is 5.65. The molecule has 1 aromatic carbocycles. The second-order valence-electron chi connectivity index (χ2n) is 4.28. The molecule has 0 aliphatic rings. The van der Waals surface area contributed by atoms with E-state index in [1.54, 1.807) is 0 Å². The lowest BCUT2D eigenvalue weighted by atomic mass is 10.2. The molecule has 2 aromatic rings. The number of nitrogens with two attached hydrogens (primary N) is 1. The van der Waals surface area contributed by atoms with Gasteiger partial charge in [0.05, 0.1) is 0 Å². The number of hydrogen-bond acceptors (Lipinski definition) is 5. The maximum Gasteiger partial charge on any atom is 0.122 e. The highest BCUT2D eigenvalue weighted by Gasteiger charge is 2.11. The molecule has 0 spiro atoms. The molecule has 2 N–H and O–H groups in total. The van der Waals surface area contributed by atoms with Crippen LogP contribution in [-0.4, -0.2) is 28.3 Å². The molecule has 18 heavy (non-hydrogen) atoms. The van der Waals surface area contributed by atoms with E-state index in [0.29, 0.717) is 13.1 Å². The van der Waals surface area contributed by atoms with Gasteiger partial charge in [-0.2, -0.15) is 0 Å². The van der Waals surface area contributed by atoms with Crippen LogP contribution in [0.3, 0.4) is 0 Å². The Bertz CT molecular complexity index is 469. The highest BCUT2D eigenvalue weighted by molar-refractivity contribution is 5.15. The van der Waals surface area contributed by atoms with Gasteiger partial charge in [-0.15, -0.1) is 0 Å². The molecular weight excluding hydrogens is 228 g/mol. The Kier molecular flexibility index (Phi) is 4.44. The Labute approximate surface area is 107 Å². The number of hydrogen-bond donors (Lipinski definition) is 1. The molecule has 1 heterocycles. The van der Waals surface area contributed by atoms with E-state index in [4.69, 9.17) is 10.4 Å². The van der Waals surface area contributed by atoms with Gasteiger partial charge in [0, 0.05) is 26.2 Å². The Balaban J connectivity index is 2.02. The highest BCUT2D eigenvalue weighted by Crippen LogP contribution is 2.09. The van der Waals surface area contributed by atoms with E-state index in [1.807, 2.05) is 25.1 Å². The topological polar surface area (TPSA) is 68.2 Å². The van der Waals surface area contributed by atoms with E-state index < -0.39 is 0 Å². The molecule has 2 rings (SSSR count). The molecule has 0 amide bonds. The third kappa shape index (κ3) is 3.38. The lowest BCUT2D eigenvalue weighted by Gasteiger charge is -2.20. The van der Waals surface area contributed by atoms with Crippen molar-refractivity contribution in [2.24, 2.45) is 5.73 Å². The molecule has 1 aromatic heterocycles. The molecule has 5 nitrogen and oxygen atoms in total. The van der Waals surface area contributed by atoms with Gasteiger partial charge in [0.1, 0.15) is 11.4 Å². The fraction of sp³-hybridized carbons (Fsp3) is 0.385. The van der Waals surface area contributed by atoms with E-state index in [0.717, 1.165) is 24.5 Å². The van der Waals surface area contributed by atoms with Crippen LogP contribution < -0.4 is 5.73 Å². The van der Waals surface area contributed by atoms with Crippen molar-refractivity contribution in [3.05, 3.63) is 47.3 Å². The summed E-state index contributed by atoms with van der Waals surface area (Å²) in [5, 5.41) is 7.70. The van der Waals surface area contributed by atoms with Crippen LogP contribution in [0.15, 0.2) is 35.0 Å². The Morgan fingerprint density at radius 1 is 1.17 bits per heavy atom. The van der Waals surface area contributed by atoms with Gasteiger partial charge < -0.3 is 5.73 Å². The second kappa shape index (κ2) is 6.28. The number of nitrogens with zero attached hydrogens (tertiary/aromatic N) is 3. The summed E-state index contributed by atoms with van der Waals surface area (Å²) in [4.78, 5) is 2.24. The third-order valence-electron chi connectivity index (χ3n) is 2.81. The Hall–Kier alpha value is -1.72. The summed E-state index contributed by atoms with van der Waals surface area (Å²) in [6, 6.07) is 10.3. The summed E-state index contributed by atoms with van der Waals surface area (Å²) in [6.07, 6.45) is 0. The predicted octanol–water partition coefficient (Wildman–Crippen LogP) is 1.34. The second-order valence-corrected chi connectivity index (χ2v) is 4.28. The van der Waals surface area contributed by atoms with E-state index >= 15 is 0 Å². The van der Waals surface area contributed by atoms with Crippen LogP contribution in [0.25, 0.3) is 0 Å². The third-order valence-corrected chi connectivity index (χ3v) is 2.81. The van der Waals surface area contributed by atoms with Gasteiger partial charge in [-0.05, 0) is 12.5 Å². The number of aromatic nitrogens is 2. The van der Waals surface area contributed by atoms with E-state index in [9.17, 15) is 0 Å². The molecule has 0 unspecified atom stereocenters. The Morgan fingerprint density at radius 2 is 1.94 bits per heavy atom. The van der Waals surface area contributed by atoms with Crippen molar-refractivity contribution in [3.63, 3.8) is 0 Å².